The minimum atomic E-state index is -0.484. The predicted molar refractivity (Wildman–Crippen MR) is 56.8 cm³/mol. The molecule has 0 aliphatic rings. The molecule has 16 heavy (non-hydrogen) atoms. The Hall–Kier alpha value is -2.09. The van der Waals surface area contributed by atoms with Gasteiger partial charge in [0.2, 0.25) is 0 Å². The zero-order valence-corrected chi connectivity index (χ0v) is 9.19. The second-order valence-corrected chi connectivity index (χ2v) is 3.17. The number of nitrogens with zero attached hydrogens (tertiary/aromatic N) is 2. The number of carbonyl (C=O) groups excluding carboxylic acids is 1. The lowest BCUT2D eigenvalue weighted by Gasteiger charge is -2.09. The van der Waals surface area contributed by atoms with Crippen molar-refractivity contribution in [1.82, 2.24) is 4.57 Å². The highest BCUT2D eigenvalue weighted by Crippen LogP contribution is 2.03. The van der Waals surface area contributed by atoms with Gasteiger partial charge < -0.3 is 9.30 Å². The van der Waals surface area contributed by atoms with Gasteiger partial charge in [-0.15, -0.1) is 0 Å². The molecule has 0 N–H and O–H groups in total. The first-order valence-electron chi connectivity index (χ1n) is 4.86. The Labute approximate surface area is 92.9 Å². The number of rotatable bonds is 3. The summed E-state index contributed by atoms with van der Waals surface area (Å²) in [6.45, 7) is 3.43. The van der Waals surface area contributed by atoms with Crippen LogP contribution in [0.25, 0.3) is 0 Å². The Kier molecular flexibility index (Phi) is 3.84. The lowest BCUT2D eigenvalue weighted by molar-refractivity contribution is -0.143. The Morgan fingerprint density at radius 2 is 2.25 bits per heavy atom. The van der Waals surface area contributed by atoms with Crippen molar-refractivity contribution in [1.29, 1.82) is 5.26 Å². The van der Waals surface area contributed by atoms with E-state index < -0.39 is 5.97 Å². The van der Waals surface area contributed by atoms with Crippen LogP contribution in [0, 0.1) is 18.3 Å². The van der Waals surface area contributed by atoms with E-state index in [4.69, 9.17) is 10.00 Å². The molecule has 0 bridgehead atoms. The molecule has 84 valence electrons. The van der Waals surface area contributed by atoms with Gasteiger partial charge in [0.1, 0.15) is 12.6 Å². The van der Waals surface area contributed by atoms with Crippen molar-refractivity contribution in [3.8, 4) is 6.07 Å². The summed E-state index contributed by atoms with van der Waals surface area (Å²) in [4.78, 5) is 22.7. The summed E-state index contributed by atoms with van der Waals surface area (Å²) >= 11 is 0. The van der Waals surface area contributed by atoms with Gasteiger partial charge in [0, 0.05) is 11.8 Å². The fourth-order valence-corrected chi connectivity index (χ4v) is 1.33. The molecule has 0 aromatic carbocycles. The van der Waals surface area contributed by atoms with E-state index in [9.17, 15) is 9.59 Å². The van der Waals surface area contributed by atoms with Crippen molar-refractivity contribution in [2.45, 2.75) is 20.4 Å². The molecule has 0 aliphatic heterocycles. The number of aromatic nitrogens is 1. The molecule has 0 amide bonds. The van der Waals surface area contributed by atoms with Crippen LogP contribution in [0.2, 0.25) is 0 Å². The first-order chi connectivity index (χ1) is 7.60. The van der Waals surface area contributed by atoms with Gasteiger partial charge in [0.05, 0.1) is 12.2 Å². The van der Waals surface area contributed by atoms with Crippen molar-refractivity contribution in [2.24, 2.45) is 0 Å². The summed E-state index contributed by atoms with van der Waals surface area (Å²) < 4.78 is 5.98. The highest BCUT2D eigenvalue weighted by Gasteiger charge is 2.09. The van der Waals surface area contributed by atoms with E-state index >= 15 is 0 Å². The molecule has 0 fully saturated rings. The molecule has 0 atom stereocenters. The third-order valence-corrected chi connectivity index (χ3v) is 2.17. The molecule has 5 nitrogen and oxygen atoms in total. The third-order valence-electron chi connectivity index (χ3n) is 2.17. The van der Waals surface area contributed by atoms with Gasteiger partial charge in [-0.3, -0.25) is 9.59 Å². The molecule has 0 aliphatic carbocycles. The molecule has 0 radical (unpaired) electrons. The van der Waals surface area contributed by atoms with Crippen LogP contribution in [0.4, 0.5) is 0 Å². The van der Waals surface area contributed by atoms with Crippen LogP contribution in [0.15, 0.2) is 16.9 Å². The maximum absolute atomic E-state index is 11.5. The highest BCUT2D eigenvalue weighted by molar-refractivity contribution is 5.69. The topological polar surface area (TPSA) is 72.1 Å². The largest absolute Gasteiger partial charge is 0.465 e. The number of ether oxygens (including phenoxy) is 1. The minimum Gasteiger partial charge on any atom is -0.465 e. The lowest BCUT2D eigenvalue weighted by Crippen LogP contribution is -2.27. The van der Waals surface area contributed by atoms with Crippen LogP contribution >= 0.6 is 0 Å². The molecular weight excluding hydrogens is 208 g/mol. The molecule has 1 rings (SSSR count). The number of carbonyl (C=O) groups is 1. The number of nitriles is 1. The van der Waals surface area contributed by atoms with E-state index in [0.717, 1.165) is 0 Å². The Bertz CT molecular complexity index is 497. The van der Waals surface area contributed by atoms with E-state index in [2.05, 4.69) is 0 Å². The summed E-state index contributed by atoms with van der Waals surface area (Å²) in [6.07, 6.45) is 0. The number of esters is 1. The second-order valence-electron chi connectivity index (χ2n) is 3.17. The minimum absolute atomic E-state index is 0.159. The zero-order chi connectivity index (χ0) is 12.1. The van der Waals surface area contributed by atoms with Gasteiger partial charge >= 0.3 is 5.97 Å². The molecule has 0 unspecified atom stereocenters. The van der Waals surface area contributed by atoms with Crippen molar-refractivity contribution >= 4 is 5.97 Å². The summed E-state index contributed by atoms with van der Waals surface area (Å²) in [7, 11) is 0. The van der Waals surface area contributed by atoms with Gasteiger partial charge in [0.15, 0.2) is 0 Å². The zero-order valence-electron chi connectivity index (χ0n) is 9.19. The third kappa shape index (κ3) is 2.48. The molecule has 0 spiro atoms. The van der Waals surface area contributed by atoms with E-state index in [1.54, 1.807) is 13.8 Å². The SMILES string of the molecule is CCOC(=O)Cn1c(C)c(C#N)ccc1=O. The summed E-state index contributed by atoms with van der Waals surface area (Å²) in [6, 6.07) is 4.67. The van der Waals surface area contributed by atoms with Gasteiger partial charge in [-0.2, -0.15) is 5.26 Å². The molecule has 0 saturated carbocycles. The summed E-state index contributed by atoms with van der Waals surface area (Å²) in [5.41, 5.74) is 0.538. The number of hydrogen-bond acceptors (Lipinski definition) is 4. The van der Waals surface area contributed by atoms with E-state index in [0.29, 0.717) is 11.3 Å². The molecule has 0 saturated heterocycles. The molecular formula is C11H12N2O3. The Morgan fingerprint density at radius 3 is 2.81 bits per heavy atom. The normalized spacial score (nSPS) is 9.56. The number of hydrogen-bond donors (Lipinski definition) is 0. The Balaban J connectivity index is 3.09. The quantitative estimate of drug-likeness (QED) is 0.699. The van der Waals surface area contributed by atoms with Crippen LogP contribution < -0.4 is 5.56 Å². The molecule has 1 heterocycles. The summed E-state index contributed by atoms with van der Waals surface area (Å²) in [5.74, 6) is -0.484. The monoisotopic (exact) mass is 220 g/mol. The smallest absolute Gasteiger partial charge is 0.326 e. The van der Waals surface area contributed by atoms with Crippen molar-refractivity contribution in [2.75, 3.05) is 6.61 Å². The average molecular weight is 220 g/mol. The maximum Gasteiger partial charge on any atom is 0.326 e. The van der Waals surface area contributed by atoms with Crippen LogP contribution in [0.1, 0.15) is 18.2 Å². The average Bonchev–Trinajstić information content (AvgIpc) is 2.25. The standard InChI is InChI=1S/C11H12N2O3/c1-3-16-11(15)7-13-8(2)9(6-12)4-5-10(13)14/h4-5H,3,7H2,1-2H3. The van der Waals surface area contributed by atoms with Crippen molar-refractivity contribution in [3.63, 3.8) is 0 Å². The first-order valence-corrected chi connectivity index (χ1v) is 4.86. The molecule has 1 aromatic heterocycles. The fraction of sp³-hybridized carbons (Fsp3) is 0.364. The summed E-state index contributed by atoms with van der Waals surface area (Å²) in [5, 5.41) is 8.79. The number of pyridine rings is 1. The molecule has 5 heteroatoms. The van der Waals surface area contributed by atoms with Crippen LogP contribution in [0.5, 0.6) is 0 Å². The molecule has 1 aromatic rings. The van der Waals surface area contributed by atoms with E-state index in [1.165, 1.54) is 16.7 Å². The highest BCUT2D eigenvalue weighted by atomic mass is 16.5. The predicted octanol–water partition coefficient (Wildman–Crippen LogP) is 0.592. The lowest BCUT2D eigenvalue weighted by atomic mass is 10.2. The van der Waals surface area contributed by atoms with E-state index in [-0.39, 0.29) is 18.7 Å². The van der Waals surface area contributed by atoms with Crippen LogP contribution in [-0.4, -0.2) is 17.1 Å². The Morgan fingerprint density at radius 1 is 1.56 bits per heavy atom. The van der Waals surface area contributed by atoms with Gasteiger partial charge in [-0.1, -0.05) is 0 Å². The van der Waals surface area contributed by atoms with Crippen molar-refractivity contribution < 1.29 is 9.53 Å². The fourth-order valence-electron chi connectivity index (χ4n) is 1.33. The van der Waals surface area contributed by atoms with Crippen LogP contribution in [-0.2, 0) is 16.1 Å². The van der Waals surface area contributed by atoms with Crippen molar-refractivity contribution in [3.05, 3.63) is 33.7 Å². The second kappa shape index (κ2) is 5.12. The van der Waals surface area contributed by atoms with Gasteiger partial charge in [-0.25, -0.2) is 0 Å². The van der Waals surface area contributed by atoms with Gasteiger partial charge in [0.25, 0.3) is 5.56 Å². The first kappa shape index (κ1) is 12.0. The van der Waals surface area contributed by atoms with Gasteiger partial charge in [-0.05, 0) is 19.9 Å². The van der Waals surface area contributed by atoms with E-state index in [1.807, 2.05) is 6.07 Å². The van der Waals surface area contributed by atoms with Crippen LogP contribution in [0.3, 0.4) is 0 Å². The maximum atomic E-state index is 11.5.